The minimum absolute atomic E-state index is 0.849. The van der Waals surface area contributed by atoms with Crippen LogP contribution in [0, 0.1) is 0 Å². The smallest absolute Gasteiger partial charge is 0.0540 e. The van der Waals surface area contributed by atoms with Gasteiger partial charge in [0.05, 0.1) is 5.69 Å². The van der Waals surface area contributed by atoms with Crippen LogP contribution in [0.15, 0.2) is 194 Å². The van der Waals surface area contributed by atoms with E-state index in [1.807, 2.05) is 55.4 Å². The van der Waals surface area contributed by atoms with Gasteiger partial charge in [-0.3, -0.25) is 0 Å². The summed E-state index contributed by atoms with van der Waals surface area (Å²) in [4.78, 5) is 2.34. The first-order chi connectivity index (χ1) is 27.8. The monoisotopic (exact) mass is 743 g/mol. The van der Waals surface area contributed by atoms with Crippen LogP contribution in [0.5, 0.6) is 0 Å². The molecule has 6 aromatic carbocycles. The SMILES string of the molecule is C1=CCC=C(c2ccc(N(c3ccccc3)c3cccc4ccccc34)cc2)C=C1.CC.CC.CC.CC.CC/C=C\C=C/CNc1cccc2ccccc12. The minimum atomic E-state index is 0.849. The molecule has 2 heteroatoms. The van der Waals surface area contributed by atoms with Crippen LogP contribution in [-0.4, -0.2) is 6.54 Å². The van der Waals surface area contributed by atoms with Crippen molar-refractivity contribution in [2.24, 2.45) is 0 Å². The second-order valence-electron chi connectivity index (χ2n) is 11.6. The molecule has 0 spiro atoms. The molecule has 1 aliphatic carbocycles. The van der Waals surface area contributed by atoms with Gasteiger partial charge in [0.15, 0.2) is 0 Å². The molecule has 0 atom stereocenters. The van der Waals surface area contributed by atoms with Crippen LogP contribution in [-0.2, 0) is 0 Å². The summed E-state index contributed by atoms with van der Waals surface area (Å²) < 4.78 is 0. The molecule has 0 saturated carbocycles. The van der Waals surface area contributed by atoms with Gasteiger partial charge >= 0.3 is 0 Å². The summed E-state index contributed by atoms with van der Waals surface area (Å²) in [5.41, 5.74) is 7.19. The van der Waals surface area contributed by atoms with Gasteiger partial charge in [-0.15, -0.1) is 0 Å². The molecule has 0 amide bonds. The molecule has 1 N–H and O–H groups in total. The van der Waals surface area contributed by atoms with Crippen molar-refractivity contribution in [3.05, 3.63) is 200 Å². The molecular formula is C54H66N2. The summed E-state index contributed by atoms with van der Waals surface area (Å²) in [5.74, 6) is 0. The van der Waals surface area contributed by atoms with Crippen molar-refractivity contribution in [1.29, 1.82) is 0 Å². The summed E-state index contributed by atoms with van der Waals surface area (Å²) in [6.07, 6.45) is 21.4. The number of anilines is 4. The van der Waals surface area contributed by atoms with Crippen molar-refractivity contribution in [2.45, 2.75) is 75.2 Å². The normalized spacial score (nSPS) is 11.2. The molecule has 292 valence electrons. The fourth-order valence-electron chi connectivity index (χ4n) is 5.91. The fourth-order valence-corrected chi connectivity index (χ4v) is 5.91. The zero-order valence-corrected chi connectivity index (χ0v) is 35.5. The predicted molar refractivity (Wildman–Crippen MR) is 256 cm³/mol. The van der Waals surface area contributed by atoms with E-state index in [1.165, 1.54) is 44.1 Å². The highest BCUT2D eigenvalue weighted by Gasteiger charge is 2.15. The predicted octanol–water partition coefficient (Wildman–Crippen LogP) is 17.1. The Labute approximate surface area is 340 Å². The number of para-hydroxylation sites is 1. The Hall–Kier alpha value is -5.86. The molecule has 0 saturated heterocycles. The topological polar surface area (TPSA) is 15.3 Å². The molecule has 0 bridgehead atoms. The molecule has 56 heavy (non-hydrogen) atoms. The van der Waals surface area contributed by atoms with Gasteiger partial charge in [-0.25, -0.2) is 0 Å². The van der Waals surface area contributed by atoms with Gasteiger partial charge in [0, 0.05) is 34.4 Å². The van der Waals surface area contributed by atoms with Crippen LogP contribution < -0.4 is 10.2 Å². The van der Waals surface area contributed by atoms with E-state index >= 15 is 0 Å². The first kappa shape index (κ1) is 46.3. The molecule has 0 unspecified atom stereocenters. The van der Waals surface area contributed by atoms with Crippen molar-refractivity contribution in [2.75, 3.05) is 16.8 Å². The summed E-state index contributed by atoms with van der Waals surface area (Å²) in [5, 5.41) is 8.48. The molecule has 1 aliphatic rings. The van der Waals surface area contributed by atoms with E-state index in [9.17, 15) is 0 Å². The maximum absolute atomic E-state index is 3.44. The number of hydrogen-bond acceptors (Lipinski definition) is 2. The summed E-state index contributed by atoms with van der Waals surface area (Å²) in [6, 6.07) is 49.3. The molecule has 6 aromatic rings. The fraction of sp³-hybridized carbons (Fsp3) is 0.222. The third-order valence-corrected chi connectivity index (χ3v) is 8.30. The van der Waals surface area contributed by atoms with E-state index in [0.29, 0.717) is 0 Å². The Morgan fingerprint density at radius 2 is 1.09 bits per heavy atom. The average molecular weight is 743 g/mol. The van der Waals surface area contributed by atoms with Gasteiger partial charge in [-0.05, 0) is 71.1 Å². The molecule has 0 aliphatic heterocycles. The van der Waals surface area contributed by atoms with E-state index in [0.717, 1.165) is 30.8 Å². The Balaban J connectivity index is 0.000000358. The van der Waals surface area contributed by atoms with Gasteiger partial charge < -0.3 is 10.2 Å². The van der Waals surface area contributed by atoms with Crippen LogP contribution in [0.3, 0.4) is 0 Å². The van der Waals surface area contributed by atoms with Crippen LogP contribution in [0.1, 0.15) is 80.7 Å². The van der Waals surface area contributed by atoms with E-state index in [1.54, 1.807) is 0 Å². The number of nitrogens with zero attached hydrogens (tertiary/aromatic N) is 1. The molecule has 0 heterocycles. The average Bonchev–Trinajstić information content (AvgIpc) is 3.59. The minimum Gasteiger partial charge on any atom is -0.381 e. The van der Waals surface area contributed by atoms with Crippen molar-refractivity contribution >= 4 is 49.9 Å². The molecule has 0 fully saturated rings. The highest BCUT2D eigenvalue weighted by molar-refractivity contribution is 5.99. The molecule has 7 rings (SSSR count). The van der Waals surface area contributed by atoms with E-state index in [-0.39, 0.29) is 0 Å². The van der Waals surface area contributed by atoms with Gasteiger partial charge in [-0.1, -0.05) is 220 Å². The van der Waals surface area contributed by atoms with Gasteiger partial charge in [0.2, 0.25) is 0 Å². The number of fused-ring (bicyclic) bond motifs is 2. The summed E-state index contributed by atoms with van der Waals surface area (Å²) in [6.45, 7) is 19.0. The number of nitrogens with one attached hydrogen (secondary N) is 1. The lowest BCUT2D eigenvalue weighted by Gasteiger charge is -2.27. The third kappa shape index (κ3) is 14.1. The van der Waals surface area contributed by atoms with Crippen LogP contribution in [0.2, 0.25) is 0 Å². The lowest BCUT2D eigenvalue weighted by Crippen LogP contribution is -2.10. The first-order valence-corrected chi connectivity index (χ1v) is 20.8. The standard InChI is InChI=1S/C29H23N.C17H19N.4C2H6/c1-2-5-12-23(11-4-1)24-19-21-27(22-20-24)30(26-15-6-3-7-16-26)29-18-10-14-25-13-8-9-17-28(25)29;1-2-3-4-5-8-14-18-17-13-9-11-15-10-6-7-12-16(15)17;4*1-2/h1-4,6-22H,5H2;3-13,18H,2,14H2,1H3;4*1-2H3/b;4-3-,8-5-;;;;. The quantitative estimate of drug-likeness (QED) is 0.148. The lowest BCUT2D eigenvalue weighted by molar-refractivity contribution is 1.22. The molecule has 0 radical (unpaired) electrons. The highest BCUT2D eigenvalue weighted by atomic mass is 15.1. The number of rotatable bonds is 9. The molecule has 2 nitrogen and oxygen atoms in total. The largest absolute Gasteiger partial charge is 0.381 e. The summed E-state index contributed by atoms with van der Waals surface area (Å²) >= 11 is 0. The van der Waals surface area contributed by atoms with E-state index < -0.39 is 0 Å². The second kappa shape index (κ2) is 28.6. The lowest BCUT2D eigenvalue weighted by atomic mass is 10.0. The van der Waals surface area contributed by atoms with Crippen molar-refractivity contribution in [1.82, 2.24) is 0 Å². The Bertz CT molecular complexity index is 2070. The van der Waals surface area contributed by atoms with Crippen molar-refractivity contribution < 1.29 is 0 Å². The van der Waals surface area contributed by atoms with E-state index in [4.69, 9.17) is 0 Å². The zero-order valence-electron chi connectivity index (χ0n) is 35.5. The Morgan fingerprint density at radius 1 is 0.536 bits per heavy atom. The van der Waals surface area contributed by atoms with Gasteiger partial charge in [0.1, 0.15) is 0 Å². The van der Waals surface area contributed by atoms with Crippen molar-refractivity contribution in [3.8, 4) is 0 Å². The maximum Gasteiger partial charge on any atom is 0.0540 e. The van der Waals surface area contributed by atoms with E-state index in [2.05, 4.69) is 211 Å². The number of hydrogen-bond donors (Lipinski definition) is 1. The number of allylic oxidation sites excluding steroid dienone is 9. The Morgan fingerprint density at radius 3 is 1.77 bits per heavy atom. The maximum atomic E-state index is 3.44. The van der Waals surface area contributed by atoms with Crippen molar-refractivity contribution in [3.63, 3.8) is 0 Å². The molecule has 0 aromatic heterocycles. The second-order valence-corrected chi connectivity index (χ2v) is 11.6. The highest BCUT2D eigenvalue weighted by Crippen LogP contribution is 2.39. The summed E-state index contributed by atoms with van der Waals surface area (Å²) in [7, 11) is 0. The number of benzene rings is 6. The van der Waals surface area contributed by atoms with Gasteiger partial charge in [0.25, 0.3) is 0 Å². The third-order valence-electron chi connectivity index (χ3n) is 8.30. The molecular weight excluding hydrogens is 677 g/mol. The van der Waals surface area contributed by atoms with Crippen LogP contribution in [0.4, 0.5) is 22.7 Å². The first-order valence-electron chi connectivity index (χ1n) is 20.8. The Kier molecular flexibility index (Phi) is 23.6. The zero-order chi connectivity index (χ0) is 40.8. The van der Waals surface area contributed by atoms with Gasteiger partial charge in [-0.2, -0.15) is 0 Å². The van der Waals surface area contributed by atoms with Crippen LogP contribution in [0.25, 0.3) is 27.1 Å². The van der Waals surface area contributed by atoms with Crippen LogP contribution >= 0.6 is 0 Å².